The molecule has 0 atom stereocenters. The summed E-state index contributed by atoms with van der Waals surface area (Å²) in [5.74, 6) is 0.998. The van der Waals surface area contributed by atoms with Crippen LogP contribution < -0.4 is 15.1 Å². The van der Waals surface area contributed by atoms with Crippen LogP contribution in [0.3, 0.4) is 0 Å². The Morgan fingerprint density at radius 2 is 1.17 bits per heavy atom. The summed E-state index contributed by atoms with van der Waals surface area (Å²) in [5.41, 5.74) is 8.59. The molecule has 1 aliphatic heterocycles. The number of nitrogens with zero attached hydrogens (tertiary/aromatic N) is 3. The van der Waals surface area contributed by atoms with Gasteiger partial charge in [-0.1, -0.05) is 65.7 Å². The quantitative estimate of drug-likeness (QED) is 0.420. The largest absolute Gasteiger partial charge is 0.422 e. The van der Waals surface area contributed by atoms with Crippen LogP contribution >= 0.6 is 0 Å². The maximum Gasteiger partial charge on any atom is 0.422 e. The second-order valence-corrected chi connectivity index (χ2v) is 7.89. The molecule has 0 radical (unpaired) electrons. The van der Waals surface area contributed by atoms with E-state index < -0.39 is 0 Å². The van der Waals surface area contributed by atoms with Crippen LogP contribution in [0.25, 0.3) is 0 Å². The summed E-state index contributed by atoms with van der Waals surface area (Å²) in [6.07, 6.45) is 1.92. The van der Waals surface area contributed by atoms with Crippen LogP contribution in [0.5, 0.6) is 0 Å². The number of aromatic nitrogens is 1. The van der Waals surface area contributed by atoms with Gasteiger partial charge in [-0.25, -0.2) is 4.98 Å². The number of anilines is 4. The van der Waals surface area contributed by atoms with Crippen molar-refractivity contribution in [1.29, 1.82) is 0 Å². The van der Waals surface area contributed by atoms with Gasteiger partial charge < -0.3 is 9.62 Å². The first-order chi connectivity index (χ1) is 14.7. The first-order valence-corrected chi connectivity index (χ1v) is 10.4. The summed E-state index contributed by atoms with van der Waals surface area (Å²) < 4.78 is 0. The van der Waals surface area contributed by atoms with Gasteiger partial charge in [0.05, 0.1) is 5.69 Å². The molecule has 3 nitrogen and oxygen atoms in total. The minimum atomic E-state index is -0.0143. The highest BCUT2D eigenvalue weighted by atomic mass is 15.3. The van der Waals surface area contributed by atoms with Crippen molar-refractivity contribution >= 4 is 35.3 Å². The van der Waals surface area contributed by atoms with E-state index in [1.165, 1.54) is 33.5 Å². The average molecular weight is 389 g/mol. The highest BCUT2D eigenvalue weighted by Gasteiger charge is 2.46. The van der Waals surface area contributed by atoms with Crippen LogP contribution in [0.1, 0.15) is 16.7 Å². The lowest BCUT2D eigenvalue weighted by Gasteiger charge is -2.31. The average Bonchev–Trinajstić information content (AvgIpc) is 3.11. The fraction of sp³-hybridized carbons (Fsp3) is 0.115. The fourth-order valence-electron chi connectivity index (χ4n) is 4.57. The molecule has 0 N–H and O–H groups in total. The number of benzene rings is 3. The number of rotatable bonds is 3. The molecule has 1 aromatic heterocycles. The van der Waals surface area contributed by atoms with E-state index in [-0.39, 0.29) is 6.98 Å². The highest BCUT2D eigenvalue weighted by Crippen LogP contribution is 2.46. The molecule has 0 fully saturated rings. The van der Waals surface area contributed by atoms with E-state index in [4.69, 9.17) is 4.98 Å². The molecule has 30 heavy (non-hydrogen) atoms. The van der Waals surface area contributed by atoms with Gasteiger partial charge in [0.2, 0.25) is 0 Å². The van der Waals surface area contributed by atoms with E-state index in [9.17, 15) is 0 Å². The molecule has 0 bridgehead atoms. The summed E-state index contributed by atoms with van der Waals surface area (Å²) in [6.45, 7) is 6.57. The predicted octanol–water partition coefficient (Wildman–Crippen LogP) is 5.69. The fourth-order valence-corrected chi connectivity index (χ4v) is 4.57. The van der Waals surface area contributed by atoms with Crippen molar-refractivity contribution in [3.8, 4) is 0 Å². The third-order valence-corrected chi connectivity index (χ3v) is 5.93. The molecule has 0 amide bonds. The number of hydrogen-bond donors (Lipinski definition) is 0. The minimum absolute atomic E-state index is 0.0143. The molecule has 0 saturated heterocycles. The number of pyridine rings is 1. The van der Waals surface area contributed by atoms with Crippen molar-refractivity contribution in [3.05, 3.63) is 108 Å². The zero-order chi connectivity index (χ0) is 20.7. The van der Waals surface area contributed by atoms with Crippen molar-refractivity contribution in [3.63, 3.8) is 0 Å². The molecular weight excluding hydrogens is 365 g/mol. The predicted molar refractivity (Wildman–Crippen MR) is 127 cm³/mol. The Kier molecular flexibility index (Phi) is 4.55. The summed E-state index contributed by atoms with van der Waals surface area (Å²) in [6, 6.07) is 29.9. The minimum Gasteiger partial charge on any atom is -0.358 e. The van der Waals surface area contributed by atoms with Crippen LogP contribution in [0.2, 0.25) is 0 Å². The second-order valence-electron chi connectivity index (χ2n) is 7.89. The second kappa shape index (κ2) is 7.38. The highest BCUT2D eigenvalue weighted by molar-refractivity contribution is 6.85. The topological polar surface area (TPSA) is 19.4 Å². The Morgan fingerprint density at radius 3 is 1.77 bits per heavy atom. The Morgan fingerprint density at radius 1 is 0.600 bits per heavy atom. The molecule has 4 heteroatoms. The number of aryl methyl sites for hydroxylation is 3. The van der Waals surface area contributed by atoms with E-state index in [2.05, 4.69) is 115 Å². The smallest absolute Gasteiger partial charge is 0.358 e. The van der Waals surface area contributed by atoms with Crippen molar-refractivity contribution in [2.75, 3.05) is 9.62 Å². The zero-order valence-electron chi connectivity index (χ0n) is 17.6. The number of fused-ring (bicyclic) bond motifs is 1. The van der Waals surface area contributed by atoms with Gasteiger partial charge in [-0.2, -0.15) is 0 Å². The summed E-state index contributed by atoms with van der Waals surface area (Å²) in [4.78, 5) is 9.70. The molecule has 0 unspecified atom stereocenters. The molecule has 146 valence electrons. The zero-order valence-corrected chi connectivity index (χ0v) is 17.6. The van der Waals surface area contributed by atoms with Gasteiger partial charge in [0.15, 0.2) is 0 Å². The molecule has 0 aliphatic carbocycles. The van der Waals surface area contributed by atoms with Crippen molar-refractivity contribution < 1.29 is 0 Å². The standard InChI is InChI=1S/C26H24BN3/c1-19-11-10-12-20(2)24(19)27-29(22-13-6-4-7-14-22)25-21(3)17-18-28-26(25)30(27)23-15-8-5-9-16-23/h4-18H,1-3H3. The molecular formula is C26H24BN3. The Hall–Kier alpha value is -3.53. The lowest BCUT2D eigenvalue weighted by molar-refractivity contribution is 1.24. The van der Waals surface area contributed by atoms with E-state index in [0.717, 1.165) is 11.5 Å². The first-order valence-electron chi connectivity index (χ1n) is 10.4. The van der Waals surface area contributed by atoms with E-state index in [0.29, 0.717) is 0 Å². The summed E-state index contributed by atoms with van der Waals surface area (Å²) >= 11 is 0. The van der Waals surface area contributed by atoms with Crippen LogP contribution in [-0.4, -0.2) is 12.0 Å². The Balaban J connectivity index is 1.85. The van der Waals surface area contributed by atoms with E-state index in [1.807, 2.05) is 6.20 Å². The Labute approximate surface area is 178 Å². The normalized spacial score (nSPS) is 13.0. The van der Waals surface area contributed by atoms with Gasteiger partial charge in [-0.3, -0.25) is 0 Å². The van der Waals surface area contributed by atoms with Crippen molar-refractivity contribution in [2.45, 2.75) is 20.8 Å². The van der Waals surface area contributed by atoms with Crippen LogP contribution in [-0.2, 0) is 0 Å². The molecule has 2 heterocycles. The molecule has 4 aromatic rings. The van der Waals surface area contributed by atoms with Gasteiger partial charge in [-0.15, -0.1) is 0 Å². The van der Waals surface area contributed by atoms with Gasteiger partial charge in [0.25, 0.3) is 0 Å². The van der Waals surface area contributed by atoms with E-state index >= 15 is 0 Å². The summed E-state index contributed by atoms with van der Waals surface area (Å²) in [7, 11) is 0. The molecule has 3 aromatic carbocycles. The van der Waals surface area contributed by atoms with Crippen molar-refractivity contribution in [1.82, 2.24) is 4.98 Å². The van der Waals surface area contributed by atoms with Gasteiger partial charge in [0, 0.05) is 17.6 Å². The Bertz CT molecular complexity index is 1170. The molecule has 0 saturated carbocycles. The lowest BCUT2D eigenvalue weighted by atomic mass is 9.61. The van der Waals surface area contributed by atoms with Crippen LogP contribution in [0.15, 0.2) is 91.1 Å². The monoisotopic (exact) mass is 389 g/mol. The van der Waals surface area contributed by atoms with Crippen LogP contribution in [0.4, 0.5) is 22.9 Å². The number of hydrogen-bond acceptors (Lipinski definition) is 3. The third kappa shape index (κ3) is 2.88. The lowest BCUT2D eigenvalue weighted by Crippen LogP contribution is -2.55. The van der Waals surface area contributed by atoms with Crippen molar-refractivity contribution in [2.24, 2.45) is 0 Å². The maximum absolute atomic E-state index is 4.87. The third-order valence-electron chi connectivity index (χ3n) is 5.93. The molecule has 1 aliphatic rings. The van der Waals surface area contributed by atoms with E-state index in [1.54, 1.807) is 0 Å². The van der Waals surface area contributed by atoms with Crippen LogP contribution in [0, 0.1) is 20.8 Å². The maximum atomic E-state index is 4.87. The summed E-state index contributed by atoms with van der Waals surface area (Å²) in [5, 5.41) is 0. The van der Waals surface area contributed by atoms with Gasteiger partial charge in [-0.05, 0) is 62.1 Å². The molecule has 5 rings (SSSR count). The van der Waals surface area contributed by atoms with Gasteiger partial charge in [0.1, 0.15) is 5.82 Å². The van der Waals surface area contributed by atoms with Gasteiger partial charge >= 0.3 is 6.98 Å². The SMILES string of the molecule is Cc1cccc(C)c1B1N(c2ccccc2)c2nccc(C)c2N1c1ccccc1. The number of para-hydroxylation sites is 2. The molecule has 0 spiro atoms. The first kappa shape index (κ1) is 18.5.